The van der Waals surface area contributed by atoms with Gasteiger partial charge in [0.2, 0.25) is 0 Å². The van der Waals surface area contributed by atoms with Crippen molar-refractivity contribution in [1.82, 2.24) is 10.2 Å². The van der Waals surface area contributed by atoms with Crippen molar-refractivity contribution in [3.63, 3.8) is 0 Å². The highest BCUT2D eigenvalue weighted by Gasteiger charge is 2.19. The van der Waals surface area contributed by atoms with Gasteiger partial charge in [0.15, 0.2) is 5.76 Å². The third-order valence-electron chi connectivity index (χ3n) is 5.20. The van der Waals surface area contributed by atoms with Gasteiger partial charge in [0.25, 0.3) is 5.91 Å². The first kappa shape index (κ1) is 20.8. The lowest BCUT2D eigenvalue weighted by Gasteiger charge is -2.36. The summed E-state index contributed by atoms with van der Waals surface area (Å²) in [6, 6.07) is 15.1. The van der Waals surface area contributed by atoms with E-state index < -0.39 is 0 Å². The summed E-state index contributed by atoms with van der Waals surface area (Å²) < 4.78 is 5.58. The monoisotopic (exact) mass is 443 g/mol. The highest BCUT2D eigenvalue weighted by atomic mass is 35.5. The van der Waals surface area contributed by atoms with Crippen LogP contribution in [0.4, 0.5) is 5.69 Å². The lowest BCUT2D eigenvalue weighted by Crippen LogP contribution is -2.46. The molecule has 1 amide bonds. The van der Waals surface area contributed by atoms with Gasteiger partial charge in [0.05, 0.1) is 15.7 Å². The third-order valence-corrected chi connectivity index (χ3v) is 6.01. The van der Waals surface area contributed by atoms with E-state index in [0.29, 0.717) is 22.4 Å². The first-order valence-electron chi connectivity index (χ1n) is 9.95. The number of carbonyl (C=O) groups is 1. The van der Waals surface area contributed by atoms with E-state index in [0.717, 1.165) is 49.4 Å². The number of hydrogen-bond donors (Lipinski definition) is 1. The number of para-hydroxylation sites is 1. The molecule has 0 radical (unpaired) electrons. The fourth-order valence-corrected chi connectivity index (χ4v) is 3.96. The van der Waals surface area contributed by atoms with Gasteiger partial charge in [0, 0.05) is 44.7 Å². The van der Waals surface area contributed by atoms with Crippen LogP contribution in [0.2, 0.25) is 10.0 Å². The maximum Gasteiger partial charge on any atom is 0.287 e. The van der Waals surface area contributed by atoms with E-state index in [1.165, 1.54) is 0 Å². The van der Waals surface area contributed by atoms with E-state index in [-0.39, 0.29) is 5.91 Å². The maximum atomic E-state index is 12.2. The van der Waals surface area contributed by atoms with E-state index >= 15 is 0 Å². The average Bonchev–Trinajstić information content (AvgIpc) is 3.20. The Balaban J connectivity index is 1.20. The second kappa shape index (κ2) is 9.56. The quantitative estimate of drug-likeness (QED) is 0.553. The standard InChI is InChI=1S/C23H23Cl2N3O2/c24-18-7-5-8-19(22(18)25)28-14-12-27(13-15-28)11-4-3-10-26-23(29)21-16-17-6-1-2-9-20(17)30-21/h1-9,16H,10-15H2,(H,26,29)/b4-3+. The van der Waals surface area contributed by atoms with Gasteiger partial charge >= 0.3 is 0 Å². The number of nitrogens with one attached hydrogen (secondary N) is 1. The Morgan fingerprint density at radius 2 is 1.83 bits per heavy atom. The molecule has 0 spiro atoms. The van der Waals surface area contributed by atoms with Crippen molar-refractivity contribution in [2.75, 3.05) is 44.2 Å². The molecule has 1 aliphatic heterocycles. The molecule has 1 fully saturated rings. The average molecular weight is 444 g/mol. The number of rotatable bonds is 6. The molecular formula is C23H23Cl2N3O2. The molecule has 0 bridgehead atoms. The molecule has 0 atom stereocenters. The Labute approximate surface area is 185 Å². The van der Waals surface area contributed by atoms with E-state index in [1.54, 1.807) is 12.1 Å². The van der Waals surface area contributed by atoms with Gasteiger partial charge in [-0.05, 0) is 24.3 Å². The van der Waals surface area contributed by atoms with Crippen molar-refractivity contribution in [1.29, 1.82) is 0 Å². The van der Waals surface area contributed by atoms with Crippen molar-refractivity contribution in [3.05, 3.63) is 76.5 Å². The summed E-state index contributed by atoms with van der Waals surface area (Å²) in [7, 11) is 0. The number of benzene rings is 2. The second-order valence-corrected chi connectivity index (χ2v) is 7.98. The van der Waals surface area contributed by atoms with Crippen LogP contribution in [-0.4, -0.2) is 50.1 Å². The Bertz CT molecular complexity index is 1020. The fraction of sp³-hybridized carbons (Fsp3) is 0.261. The van der Waals surface area contributed by atoms with Gasteiger partial charge in [-0.3, -0.25) is 9.69 Å². The summed E-state index contributed by atoms with van der Waals surface area (Å²) in [5, 5.41) is 5.00. The molecule has 30 heavy (non-hydrogen) atoms. The van der Waals surface area contributed by atoms with Gasteiger partial charge in [-0.2, -0.15) is 0 Å². The minimum absolute atomic E-state index is 0.206. The molecule has 1 aliphatic rings. The highest BCUT2D eigenvalue weighted by Crippen LogP contribution is 2.32. The van der Waals surface area contributed by atoms with Crippen LogP contribution in [0.15, 0.2) is 65.1 Å². The number of carbonyl (C=O) groups excluding carboxylic acids is 1. The van der Waals surface area contributed by atoms with Gasteiger partial charge in [0.1, 0.15) is 5.58 Å². The number of anilines is 1. The number of furan rings is 1. The van der Waals surface area contributed by atoms with E-state index in [1.807, 2.05) is 42.5 Å². The van der Waals surface area contributed by atoms with Gasteiger partial charge in [-0.25, -0.2) is 0 Å². The summed E-state index contributed by atoms with van der Waals surface area (Å²) in [4.78, 5) is 16.9. The molecule has 2 aromatic carbocycles. The third kappa shape index (κ3) is 4.81. The summed E-state index contributed by atoms with van der Waals surface area (Å²) in [5.41, 5.74) is 1.71. The minimum Gasteiger partial charge on any atom is -0.451 e. The Morgan fingerprint density at radius 1 is 1.03 bits per heavy atom. The number of piperazine rings is 1. The zero-order chi connectivity index (χ0) is 20.9. The first-order chi connectivity index (χ1) is 14.6. The van der Waals surface area contributed by atoms with Crippen molar-refractivity contribution in [2.24, 2.45) is 0 Å². The van der Waals surface area contributed by atoms with Crippen LogP contribution < -0.4 is 10.2 Å². The second-order valence-electron chi connectivity index (χ2n) is 7.19. The Hall–Kier alpha value is -2.47. The highest BCUT2D eigenvalue weighted by molar-refractivity contribution is 6.43. The lowest BCUT2D eigenvalue weighted by molar-refractivity contribution is 0.0932. The molecule has 1 N–H and O–H groups in total. The molecule has 0 aliphatic carbocycles. The van der Waals surface area contributed by atoms with Crippen LogP contribution >= 0.6 is 23.2 Å². The topological polar surface area (TPSA) is 48.7 Å². The van der Waals surface area contributed by atoms with Crippen molar-refractivity contribution >= 4 is 45.8 Å². The molecule has 156 valence electrons. The van der Waals surface area contributed by atoms with Gasteiger partial charge < -0.3 is 14.6 Å². The van der Waals surface area contributed by atoms with E-state index in [4.69, 9.17) is 27.6 Å². The number of hydrogen-bond acceptors (Lipinski definition) is 4. The van der Waals surface area contributed by atoms with Crippen molar-refractivity contribution in [2.45, 2.75) is 0 Å². The number of halogens is 2. The number of nitrogens with zero attached hydrogens (tertiary/aromatic N) is 2. The van der Waals surface area contributed by atoms with Gasteiger partial charge in [-0.1, -0.05) is 59.6 Å². The Kier molecular flexibility index (Phi) is 6.62. The number of amides is 1. The minimum atomic E-state index is -0.206. The molecule has 4 rings (SSSR count). The van der Waals surface area contributed by atoms with E-state index in [2.05, 4.69) is 21.2 Å². The van der Waals surface area contributed by atoms with Crippen LogP contribution in [0.1, 0.15) is 10.6 Å². The molecule has 5 nitrogen and oxygen atoms in total. The molecule has 1 aromatic heterocycles. The molecule has 3 aromatic rings. The van der Waals surface area contributed by atoms with Crippen molar-refractivity contribution in [3.8, 4) is 0 Å². The molecule has 0 unspecified atom stereocenters. The molecule has 2 heterocycles. The summed E-state index contributed by atoms with van der Waals surface area (Å²) >= 11 is 12.5. The van der Waals surface area contributed by atoms with Crippen LogP contribution in [0.5, 0.6) is 0 Å². The molecule has 0 saturated carbocycles. The SMILES string of the molecule is O=C(NC/C=C/CN1CCN(c2cccc(Cl)c2Cl)CC1)c1cc2ccccc2o1. The smallest absolute Gasteiger partial charge is 0.287 e. The van der Waals surface area contributed by atoms with Crippen LogP contribution in [-0.2, 0) is 0 Å². The molecular weight excluding hydrogens is 421 g/mol. The fourth-order valence-electron chi connectivity index (χ4n) is 3.55. The normalized spacial score (nSPS) is 15.2. The Morgan fingerprint density at radius 3 is 2.63 bits per heavy atom. The zero-order valence-corrected chi connectivity index (χ0v) is 18.0. The van der Waals surface area contributed by atoms with Crippen LogP contribution in [0, 0.1) is 0 Å². The summed E-state index contributed by atoms with van der Waals surface area (Å²) in [5.74, 6) is 0.128. The predicted molar refractivity (Wildman–Crippen MR) is 123 cm³/mol. The van der Waals surface area contributed by atoms with Crippen molar-refractivity contribution < 1.29 is 9.21 Å². The largest absolute Gasteiger partial charge is 0.451 e. The van der Waals surface area contributed by atoms with Crippen LogP contribution in [0.3, 0.4) is 0 Å². The molecule has 7 heteroatoms. The molecule has 1 saturated heterocycles. The zero-order valence-electron chi connectivity index (χ0n) is 16.5. The maximum absolute atomic E-state index is 12.2. The first-order valence-corrected chi connectivity index (χ1v) is 10.7. The summed E-state index contributed by atoms with van der Waals surface area (Å²) in [6.07, 6.45) is 4.06. The predicted octanol–water partition coefficient (Wildman–Crippen LogP) is 4.85. The summed E-state index contributed by atoms with van der Waals surface area (Å²) in [6.45, 7) is 5.00. The number of fused-ring (bicyclic) bond motifs is 1. The lowest BCUT2D eigenvalue weighted by atomic mass is 10.2. The van der Waals surface area contributed by atoms with E-state index in [9.17, 15) is 4.79 Å². The van der Waals surface area contributed by atoms with Gasteiger partial charge in [-0.15, -0.1) is 0 Å². The van der Waals surface area contributed by atoms with Crippen LogP contribution in [0.25, 0.3) is 11.0 Å².